The van der Waals surface area contributed by atoms with Crippen molar-refractivity contribution in [3.63, 3.8) is 0 Å². The summed E-state index contributed by atoms with van der Waals surface area (Å²) >= 11 is 0. The fourth-order valence-corrected chi connectivity index (χ4v) is 0.167. The molecule has 0 atom stereocenters. The molecule has 6 heavy (non-hydrogen) atoms. The third-order valence-electron chi connectivity index (χ3n) is 1.05. The Labute approximate surface area is 40.3 Å². The molecule has 0 saturated carbocycles. The average Bonchev–Trinajstić information content (AvgIpc) is 1.65. The lowest BCUT2D eigenvalue weighted by atomic mass is 9.51. The van der Waals surface area contributed by atoms with Gasteiger partial charge in [-0.3, -0.25) is 0 Å². The molecule has 0 heterocycles. The van der Waals surface area contributed by atoms with Gasteiger partial charge >= 0.3 is 0 Å². The Morgan fingerprint density at radius 1 is 1.83 bits per heavy atom. The number of rotatable bonds is 2. The normalized spacial score (nSPS) is 7.67. The largest absolute Gasteiger partial charge is 0.162 e. The third kappa shape index (κ3) is 2.07. The summed E-state index contributed by atoms with van der Waals surface area (Å²) in [5.74, 6) is 1.97. The summed E-state index contributed by atoms with van der Waals surface area (Å²) in [7, 11) is 0. The van der Waals surface area contributed by atoms with Gasteiger partial charge in [-0.05, 0) is 0 Å². The molecule has 0 radical (unpaired) electrons. The maximum Gasteiger partial charge on any atom is 0.162 e. The molecule has 0 saturated heterocycles. The highest BCUT2D eigenvalue weighted by Crippen LogP contribution is 1.87. The molecule has 34 valence electrons. The molecule has 0 aromatic rings. The fraction of sp³-hybridized carbons (Fsp3) is 0.600. The van der Waals surface area contributed by atoms with Crippen molar-refractivity contribution in [1.29, 1.82) is 0 Å². The molecule has 0 N–H and O–H groups in total. The second kappa shape index (κ2) is 3.01. The summed E-state index contributed by atoms with van der Waals surface area (Å²) < 4.78 is 0. The molecular formula is C5H11B. The van der Waals surface area contributed by atoms with Crippen LogP contribution in [-0.2, 0) is 0 Å². The minimum atomic E-state index is 0.699. The van der Waals surface area contributed by atoms with Crippen LogP contribution in [0.3, 0.4) is 0 Å². The first-order valence-corrected chi connectivity index (χ1v) is 2.43. The molecule has 0 rings (SSSR count). The zero-order valence-electron chi connectivity index (χ0n) is 4.57. The van der Waals surface area contributed by atoms with Crippen molar-refractivity contribution < 1.29 is 0 Å². The van der Waals surface area contributed by atoms with E-state index in [1.54, 1.807) is 0 Å². The van der Waals surface area contributed by atoms with Crippen molar-refractivity contribution in [2.24, 2.45) is 0 Å². The van der Waals surface area contributed by atoms with E-state index in [0.29, 0.717) is 6.71 Å². The summed E-state index contributed by atoms with van der Waals surface area (Å²) in [6.45, 7) is 8.65. The van der Waals surface area contributed by atoms with Gasteiger partial charge in [-0.1, -0.05) is 20.1 Å². The average molecular weight is 82.0 g/mol. The molecule has 0 aliphatic heterocycles. The van der Waals surface area contributed by atoms with E-state index in [1.807, 2.05) is 5.98 Å². The SMILES string of the molecule is C=CB(C)CC. The Morgan fingerprint density at radius 2 is 2.33 bits per heavy atom. The van der Waals surface area contributed by atoms with Crippen LogP contribution in [0.15, 0.2) is 12.6 Å². The molecule has 0 unspecified atom stereocenters. The Balaban J connectivity index is 2.96. The van der Waals surface area contributed by atoms with E-state index in [9.17, 15) is 0 Å². The number of hydrogen-bond donors (Lipinski definition) is 0. The Kier molecular flexibility index (Phi) is 2.92. The van der Waals surface area contributed by atoms with E-state index in [-0.39, 0.29) is 0 Å². The molecule has 0 bridgehead atoms. The molecule has 0 nitrogen and oxygen atoms in total. The predicted molar refractivity (Wildman–Crippen MR) is 32.3 cm³/mol. The highest BCUT2D eigenvalue weighted by molar-refractivity contribution is 6.62. The smallest absolute Gasteiger partial charge is 0.122 e. The van der Waals surface area contributed by atoms with Gasteiger partial charge in [-0.25, -0.2) is 0 Å². The first-order valence-electron chi connectivity index (χ1n) is 2.43. The minimum Gasteiger partial charge on any atom is -0.122 e. The van der Waals surface area contributed by atoms with E-state index in [0.717, 1.165) is 0 Å². The lowest BCUT2D eigenvalue weighted by Gasteiger charge is -1.88. The minimum absolute atomic E-state index is 0.699. The zero-order chi connectivity index (χ0) is 4.99. The standard InChI is InChI=1S/C5H11B/c1-4-6(3)5-2/h4H,1,5H2,2-3H3. The summed E-state index contributed by atoms with van der Waals surface area (Å²) in [5, 5.41) is 0. The van der Waals surface area contributed by atoms with Gasteiger partial charge in [0.25, 0.3) is 0 Å². The molecule has 0 aromatic carbocycles. The summed E-state index contributed by atoms with van der Waals surface area (Å²) in [6.07, 6.45) is 1.21. The second-order valence-corrected chi connectivity index (χ2v) is 1.62. The van der Waals surface area contributed by atoms with Gasteiger partial charge in [0.05, 0.1) is 0 Å². The van der Waals surface area contributed by atoms with Crippen LogP contribution in [0.25, 0.3) is 0 Å². The van der Waals surface area contributed by atoms with Crippen molar-refractivity contribution in [2.75, 3.05) is 0 Å². The van der Waals surface area contributed by atoms with E-state index >= 15 is 0 Å². The van der Waals surface area contributed by atoms with Crippen LogP contribution in [0.5, 0.6) is 0 Å². The fourth-order valence-electron chi connectivity index (χ4n) is 0.167. The molecule has 0 aliphatic rings. The maximum atomic E-state index is 3.63. The van der Waals surface area contributed by atoms with E-state index in [1.165, 1.54) is 6.32 Å². The topological polar surface area (TPSA) is 0 Å². The van der Waals surface area contributed by atoms with Gasteiger partial charge in [-0.2, -0.15) is 0 Å². The van der Waals surface area contributed by atoms with Gasteiger partial charge in [-0.15, -0.1) is 12.6 Å². The van der Waals surface area contributed by atoms with Gasteiger partial charge in [0.15, 0.2) is 6.71 Å². The van der Waals surface area contributed by atoms with Crippen molar-refractivity contribution >= 4 is 6.71 Å². The lowest BCUT2D eigenvalue weighted by Crippen LogP contribution is -1.96. The van der Waals surface area contributed by atoms with Crippen LogP contribution < -0.4 is 0 Å². The van der Waals surface area contributed by atoms with E-state index in [2.05, 4.69) is 20.3 Å². The summed E-state index contributed by atoms with van der Waals surface area (Å²) in [4.78, 5) is 0. The van der Waals surface area contributed by atoms with Crippen molar-refractivity contribution in [2.45, 2.75) is 20.1 Å². The monoisotopic (exact) mass is 82.1 g/mol. The Bertz CT molecular complexity index is 41.2. The van der Waals surface area contributed by atoms with Crippen LogP contribution in [0.1, 0.15) is 6.92 Å². The van der Waals surface area contributed by atoms with Crippen molar-refractivity contribution in [3.05, 3.63) is 12.6 Å². The first-order chi connectivity index (χ1) is 2.81. The first kappa shape index (κ1) is 5.80. The second-order valence-electron chi connectivity index (χ2n) is 1.62. The van der Waals surface area contributed by atoms with Crippen LogP contribution in [0, 0.1) is 0 Å². The van der Waals surface area contributed by atoms with Gasteiger partial charge in [0.1, 0.15) is 0 Å². The van der Waals surface area contributed by atoms with Crippen LogP contribution in [0.2, 0.25) is 13.1 Å². The molecular weight excluding hydrogens is 70.9 g/mol. The van der Waals surface area contributed by atoms with Crippen molar-refractivity contribution in [1.82, 2.24) is 0 Å². The molecule has 1 heteroatoms. The molecule has 0 amide bonds. The van der Waals surface area contributed by atoms with Gasteiger partial charge in [0.2, 0.25) is 0 Å². The molecule has 0 aromatic heterocycles. The number of hydrogen-bond acceptors (Lipinski definition) is 0. The van der Waals surface area contributed by atoms with E-state index in [4.69, 9.17) is 0 Å². The predicted octanol–water partition coefficient (Wildman–Crippen LogP) is 1.86. The van der Waals surface area contributed by atoms with Crippen molar-refractivity contribution in [3.8, 4) is 0 Å². The van der Waals surface area contributed by atoms with Crippen LogP contribution in [-0.4, -0.2) is 6.71 Å². The highest BCUT2D eigenvalue weighted by atomic mass is 13.5. The Hall–Kier alpha value is -0.195. The zero-order valence-corrected chi connectivity index (χ0v) is 4.57. The van der Waals surface area contributed by atoms with E-state index < -0.39 is 0 Å². The highest BCUT2D eigenvalue weighted by Gasteiger charge is 1.91. The van der Waals surface area contributed by atoms with Gasteiger partial charge < -0.3 is 0 Å². The lowest BCUT2D eigenvalue weighted by molar-refractivity contribution is 1.43. The molecule has 0 spiro atoms. The summed E-state index contributed by atoms with van der Waals surface area (Å²) in [6, 6.07) is 0. The van der Waals surface area contributed by atoms with Crippen LogP contribution >= 0.6 is 0 Å². The van der Waals surface area contributed by atoms with Gasteiger partial charge in [0, 0.05) is 0 Å². The molecule has 0 aliphatic carbocycles. The third-order valence-corrected chi connectivity index (χ3v) is 1.05. The Morgan fingerprint density at radius 3 is 2.33 bits per heavy atom. The molecule has 0 fully saturated rings. The summed E-state index contributed by atoms with van der Waals surface area (Å²) in [5.41, 5.74) is 0. The van der Waals surface area contributed by atoms with Crippen LogP contribution in [0.4, 0.5) is 0 Å². The maximum absolute atomic E-state index is 3.63. The quantitative estimate of drug-likeness (QED) is 0.446.